The van der Waals surface area contributed by atoms with Gasteiger partial charge in [-0.1, -0.05) is 19.1 Å². The van der Waals surface area contributed by atoms with Gasteiger partial charge in [0, 0.05) is 6.07 Å². The van der Waals surface area contributed by atoms with Crippen LogP contribution in [-0.2, 0) is 16.4 Å². The SMILES string of the molecule is CCS(=O)(=O)c1ccc(O)c(NC(=O)c2ccc(COc3ccccc3[N+](=O)[O-])o2)c1. The zero-order valence-electron chi connectivity index (χ0n) is 16.3. The minimum atomic E-state index is -3.53. The summed E-state index contributed by atoms with van der Waals surface area (Å²) in [5.74, 6) is -1.01. The zero-order chi connectivity index (χ0) is 22.6. The molecule has 0 aliphatic heterocycles. The second kappa shape index (κ2) is 8.88. The summed E-state index contributed by atoms with van der Waals surface area (Å²) in [6, 6.07) is 12.2. The third-order valence-corrected chi connectivity index (χ3v) is 6.00. The standard InChI is InChI=1S/C20H18N2O8S/c1-2-31(27,28)14-8-9-17(23)15(11-14)21-20(24)19-10-7-13(30-19)12-29-18-6-4-3-5-16(18)22(25)26/h3-11,23H,2,12H2,1H3,(H,21,24). The van der Waals surface area contributed by atoms with Crippen LogP contribution in [0.1, 0.15) is 23.2 Å². The summed E-state index contributed by atoms with van der Waals surface area (Å²) in [6.07, 6.45) is 0. The number of nitrogens with one attached hydrogen (secondary N) is 1. The van der Waals surface area contributed by atoms with Gasteiger partial charge in [0.25, 0.3) is 5.91 Å². The number of phenols is 1. The van der Waals surface area contributed by atoms with Crippen molar-refractivity contribution in [3.63, 3.8) is 0 Å². The summed E-state index contributed by atoms with van der Waals surface area (Å²) in [7, 11) is -3.53. The maximum Gasteiger partial charge on any atom is 0.310 e. The van der Waals surface area contributed by atoms with Gasteiger partial charge in [-0.2, -0.15) is 0 Å². The highest BCUT2D eigenvalue weighted by atomic mass is 32.2. The number of hydrogen-bond acceptors (Lipinski definition) is 8. The zero-order valence-corrected chi connectivity index (χ0v) is 17.1. The molecule has 2 aromatic carbocycles. The van der Waals surface area contributed by atoms with E-state index < -0.39 is 20.7 Å². The van der Waals surface area contributed by atoms with Gasteiger partial charge in [0.15, 0.2) is 21.3 Å². The number of rotatable bonds is 8. The summed E-state index contributed by atoms with van der Waals surface area (Å²) < 4.78 is 34.8. The Morgan fingerprint density at radius 1 is 1.19 bits per heavy atom. The van der Waals surface area contributed by atoms with Crippen LogP contribution < -0.4 is 10.1 Å². The molecular formula is C20H18N2O8S. The molecule has 0 aliphatic rings. The van der Waals surface area contributed by atoms with Crippen LogP contribution in [0.2, 0.25) is 0 Å². The van der Waals surface area contributed by atoms with Crippen molar-refractivity contribution in [3.8, 4) is 11.5 Å². The second-order valence-corrected chi connectivity index (χ2v) is 8.59. The topological polar surface area (TPSA) is 149 Å². The van der Waals surface area contributed by atoms with Gasteiger partial charge in [0.1, 0.15) is 18.1 Å². The van der Waals surface area contributed by atoms with E-state index in [0.29, 0.717) is 0 Å². The van der Waals surface area contributed by atoms with Crippen LogP contribution >= 0.6 is 0 Å². The number of carbonyl (C=O) groups is 1. The van der Waals surface area contributed by atoms with Crippen LogP contribution in [0.25, 0.3) is 0 Å². The lowest BCUT2D eigenvalue weighted by Crippen LogP contribution is -2.12. The van der Waals surface area contributed by atoms with Crippen LogP contribution in [-0.4, -0.2) is 30.1 Å². The van der Waals surface area contributed by atoms with Crippen molar-refractivity contribution in [2.75, 3.05) is 11.1 Å². The number of anilines is 1. The average molecular weight is 446 g/mol. The monoisotopic (exact) mass is 446 g/mol. The molecule has 2 N–H and O–H groups in total. The summed E-state index contributed by atoms with van der Waals surface area (Å²) in [5.41, 5.74) is -0.293. The van der Waals surface area contributed by atoms with Crippen LogP contribution in [0.5, 0.6) is 11.5 Å². The number of amides is 1. The van der Waals surface area contributed by atoms with E-state index in [1.165, 1.54) is 49.4 Å². The van der Waals surface area contributed by atoms with Crippen molar-refractivity contribution in [1.29, 1.82) is 0 Å². The Morgan fingerprint density at radius 3 is 2.65 bits per heavy atom. The molecule has 0 saturated carbocycles. The molecule has 10 nitrogen and oxygen atoms in total. The predicted octanol–water partition coefficient (Wildman–Crippen LogP) is 3.52. The van der Waals surface area contributed by atoms with Crippen molar-refractivity contribution in [1.82, 2.24) is 0 Å². The number of nitro groups is 1. The molecule has 0 fully saturated rings. The fourth-order valence-electron chi connectivity index (χ4n) is 2.62. The van der Waals surface area contributed by atoms with Gasteiger partial charge in [0.05, 0.1) is 21.3 Å². The average Bonchev–Trinajstić information content (AvgIpc) is 3.23. The third-order valence-electron chi connectivity index (χ3n) is 4.27. The first-order valence-corrected chi connectivity index (χ1v) is 10.7. The molecule has 0 unspecified atom stereocenters. The lowest BCUT2D eigenvalue weighted by molar-refractivity contribution is -0.386. The van der Waals surface area contributed by atoms with Gasteiger partial charge in [-0.3, -0.25) is 14.9 Å². The molecule has 0 saturated heterocycles. The van der Waals surface area contributed by atoms with Gasteiger partial charge in [-0.05, 0) is 36.4 Å². The molecule has 162 valence electrons. The molecule has 0 aliphatic carbocycles. The van der Waals surface area contributed by atoms with Gasteiger partial charge in [-0.25, -0.2) is 8.42 Å². The first kappa shape index (κ1) is 21.8. The maximum absolute atomic E-state index is 12.4. The van der Waals surface area contributed by atoms with E-state index in [1.54, 1.807) is 6.07 Å². The van der Waals surface area contributed by atoms with E-state index in [9.17, 15) is 28.4 Å². The van der Waals surface area contributed by atoms with Gasteiger partial charge in [-0.15, -0.1) is 0 Å². The van der Waals surface area contributed by atoms with Crippen LogP contribution in [0, 0.1) is 10.1 Å². The Morgan fingerprint density at radius 2 is 1.94 bits per heavy atom. The molecule has 1 aromatic heterocycles. The molecule has 31 heavy (non-hydrogen) atoms. The summed E-state index contributed by atoms with van der Waals surface area (Å²) in [4.78, 5) is 22.8. The Balaban J connectivity index is 1.72. The van der Waals surface area contributed by atoms with E-state index in [2.05, 4.69) is 5.32 Å². The van der Waals surface area contributed by atoms with E-state index in [-0.39, 0.29) is 51.6 Å². The number of para-hydroxylation sites is 2. The van der Waals surface area contributed by atoms with E-state index in [1.807, 2.05) is 0 Å². The number of nitrogens with zero attached hydrogens (tertiary/aromatic N) is 1. The molecule has 11 heteroatoms. The van der Waals surface area contributed by atoms with Gasteiger partial charge < -0.3 is 19.6 Å². The lowest BCUT2D eigenvalue weighted by Gasteiger charge is -2.09. The number of furan rings is 1. The fourth-order valence-corrected chi connectivity index (χ4v) is 3.52. The quantitative estimate of drug-likeness (QED) is 0.303. The van der Waals surface area contributed by atoms with Crippen molar-refractivity contribution >= 4 is 27.1 Å². The smallest absolute Gasteiger partial charge is 0.310 e. The number of phenolic OH excluding ortho intramolecular Hbond substituents is 1. The lowest BCUT2D eigenvalue weighted by atomic mass is 10.3. The minimum Gasteiger partial charge on any atom is -0.506 e. The highest BCUT2D eigenvalue weighted by molar-refractivity contribution is 7.91. The Labute approximate surface area is 177 Å². The van der Waals surface area contributed by atoms with E-state index >= 15 is 0 Å². The highest BCUT2D eigenvalue weighted by Gasteiger charge is 2.18. The van der Waals surface area contributed by atoms with Crippen LogP contribution in [0.3, 0.4) is 0 Å². The number of ether oxygens (including phenoxy) is 1. The van der Waals surface area contributed by atoms with Crippen molar-refractivity contribution in [2.45, 2.75) is 18.4 Å². The maximum atomic E-state index is 12.4. The third kappa shape index (κ3) is 5.01. The largest absolute Gasteiger partial charge is 0.506 e. The normalized spacial score (nSPS) is 11.1. The number of benzene rings is 2. The first-order valence-electron chi connectivity index (χ1n) is 9.03. The molecule has 1 amide bonds. The molecule has 0 atom stereocenters. The first-order chi connectivity index (χ1) is 14.7. The summed E-state index contributed by atoms with van der Waals surface area (Å²) in [5, 5.41) is 23.4. The molecule has 0 spiro atoms. The Hall–Kier alpha value is -3.86. The molecule has 1 heterocycles. The Kier molecular flexibility index (Phi) is 6.25. The Bertz CT molecular complexity index is 1230. The number of nitro benzene ring substituents is 1. The van der Waals surface area contributed by atoms with Gasteiger partial charge in [0.2, 0.25) is 0 Å². The summed E-state index contributed by atoms with van der Waals surface area (Å²) in [6.45, 7) is 1.32. The molecule has 0 bridgehead atoms. The minimum absolute atomic E-state index is 0.0407. The van der Waals surface area contributed by atoms with E-state index in [4.69, 9.17) is 9.15 Å². The number of sulfone groups is 1. The van der Waals surface area contributed by atoms with Crippen molar-refractivity contribution < 1.29 is 32.4 Å². The van der Waals surface area contributed by atoms with Crippen LogP contribution in [0.4, 0.5) is 11.4 Å². The molecule has 3 rings (SSSR count). The molecule has 0 radical (unpaired) electrons. The predicted molar refractivity (Wildman–Crippen MR) is 110 cm³/mol. The van der Waals surface area contributed by atoms with Crippen molar-refractivity contribution in [3.05, 3.63) is 76.2 Å². The number of carbonyl (C=O) groups excluding carboxylic acids is 1. The highest BCUT2D eigenvalue weighted by Crippen LogP contribution is 2.29. The molecule has 3 aromatic rings. The number of aromatic hydroxyl groups is 1. The summed E-state index contributed by atoms with van der Waals surface area (Å²) >= 11 is 0. The van der Waals surface area contributed by atoms with Crippen molar-refractivity contribution in [2.24, 2.45) is 0 Å². The van der Waals surface area contributed by atoms with E-state index in [0.717, 1.165) is 6.07 Å². The van der Waals surface area contributed by atoms with Crippen LogP contribution in [0.15, 0.2) is 63.9 Å². The fraction of sp³-hybridized carbons (Fsp3) is 0.150. The molecular weight excluding hydrogens is 428 g/mol. The van der Waals surface area contributed by atoms with Gasteiger partial charge >= 0.3 is 5.69 Å². The second-order valence-electron chi connectivity index (χ2n) is 6.32. The number of hydrogen-bond donors (Lipinski definition) is 2.